The highest BCUT2D eigenvalue weighted by atomic mass is 16.6. The molecule has 5 nitrogen and oxygen atoms in total. The summed E-state index contributed by atoms with van der Waals surface area (Å²) in [7, 11) is 0. The van der Waals surface area contributed by atoms with Gasteiger partial charge in [-0.1, -0.05) is 0 Å². The number of amides is 1. The van der Waals surface area contributed by atoms with Crippen LogP contribution in [-0.2, 0) is 4.74 Å². The van der Waals surface area contributed by atoms with E-state index >= 15 is 0 Å². The number of rotatable bonds is 4. The van der Waals surface area contributed by atoms with Crippen molar-refractivity contribution in [2.45, 2.75) is 46.3 Å². The maximum absolute atomic E-state index is 11.4. The van der Waals surface area contributed by atoms with E-state index in [0.717, 1.165) is 0 Å². The van der Waals surface area contributed by atoms with Crippen LogP contribution in [0.4, 0.5) is 4.79 Å². The van der Waals surface area contributed by atoms with E-state index in [0.29, 0.717) is 6.54 Å². The highest BCUT2D eigenvalue weighted by molar-refractivity contribution is 5.67. The average molecular weight is 218 g/mol. The molecule has 5 heteroatoms. The Labute approximate surface area is 91.4 Å². The van der Waals surface area contributed by atoms with Crippen LogP contribution in [0, 0.1) is 0 Å². The summed E-state index contributed by atoms with van der Waals surface area (Å²) < 4.78 is 5.09. The van der Waals surface area contributed by atoms with Gasteiger partial charge in [-0.3, -0.25) is 5.43 Å². The SMILES string of the molecule is CC(C)N(CCO)NC(=O)OC(C)(C)C. The number of carbonyl (C=O) groups excluding carboxylic acids is 1. The lowest BCUT2D eigenvalue weighted by molar-refractivity contribution is 0.0237. The summed E-state index contributed by atoms with van der Waals surface area (Å²) >= 11 is 0. The second kappa shape index (κ2) is 5.92. The van der Waals surface area contributed by atoms with Crippen LogP contribution < -0.4 is 5.43 Å². The molecule has 0 radical (unpaired) electrons. The molecule has 0 spiro atoms. The topological polar surface area (TPSA) is 61.8 Å². The van der Waals surface area contributed by atoms with Gasteiger partial charge in [0.2, 0.25) is 0 Å². The molecule has 1 amide bonds. The summed E-state index contributed by atoms with van der Waals surface area (Å²) in [6.45, 7) is 9.64. The first-order valence-electron chi connectivity index (χ1n) is 5.13. The first kappa shape index (κ1) is 14.2. The fourth-order valence-electron chi connectivity index (χ4n) is 0.969. The fourth-order valence-corrected chi connectivity index (χ4v) is 0.969. The molecule has 0 aromatic heterocycles. The standard InChI is InChI=1S/C10H22N2O3/c1-8(2)12(6-7-13)11-9(14)15-10(3,4)5/h8,13H,6-7H2,1-5H3,(H,11,14). The predicted octanol–water partition coefficient (Wildman–Crippen LogP) is 1.13. The number of carbonyl (C=O) groups is 1. The van der Waals surface area contributed by atoms with Crippen molar-refractivity contribution in [2.24, 2.45) is 0 Å². The van der Waals surface area contributed by atoms with Gasteiger partial charge in [-0.05, 0) is 34.6 Å². The molecule has 0 aliphatic carbocycles. The van der Waals surface area contributed by atoms with Crippen LogP contribution in [0.3, 0.4) is 0 Å². The van der Waals surface area contributed by atoms with Crippen LogP contribution in [0.2, 0.25) is 0 Å². The van der Waals surface area contributed by atoms with Crippen LogP contribution in [0.15, 0.2) is 0 Å². The molecule has 0 rings (SSSR count). The average Bonchev–Trinajstić information content (AvgIpc) is 1.99. The molecule has 90 valence electrons. The molecule has 0 unspecified atom stereocenters. The molecule has 0 bridgehead atoms. The Hall–Kier alpha value is -0.810. The number of ether oxygens (including phenoxy) is 1. The van der Waals surface area contributed by atoms with Crippen molar-refractivity contribution in [2.75, 3.05) is 13.2 Å². The number of nitrogens with one attached hydrogen (secondary N) is 1. The molecule has 0 aromatic rings. The van der Waals surface area contributed by atoms with Crippen LogP contribution >= 0.6 is 0 Å². The summed E-state index contributed by atoms with van der Waals surface area (Å²) in [6.07, 6.45) is -0.496. The highest BCUT2D eigenvalue weighted by Gasteiger charge is 2.19. The third kappa shape index (κ3) is 7.16. The highest BCUT2D eigenvalue weighted by Crippen LogP contribution is 2.07. The Kier molecular flexibility index (Phi) is 5.60. The van der Waals surface area contributed by atoms with E-state index in [-0.39, 0.29) is 12.6 Å². The summed E-state index contributed by atoms with van der Waals surface area (Å²) in [5.74, 6) is 0. The van der Waals surface area contributed by atoms with Crippen molar-refractivity contribution < 1.29 is 14.6 Å². The predicted molar refractivity (Wildman–Crippen MR) is 58.3 cm³/mol. The molecule has 0 fully saturated rings. The van der Waals surface area contributed by atoms with E-state index in [1.807, 2.05) is 13.8 Å². The molecule has 0 heterocycles. The molecule has 0 aliphatic rings. The Bertz CT molecular complexity index is 199. The Morgan fingerprint density at radius 1 is 1.47 bits per heavy atom. The summed E-state index contributed by atoms with van der Waals surface area (Å²) in [5, 5.41) is 10.4. The first-order valence-corrected chi connectivity index (χ1v) is 5.13. The van der Waals surface area contributed by atoms with Crippen LogP contribution in [0.25, 0.3) is 0 Å². The third-order valence-electron chi connectivity index (χ3n) is 1.60. The normalized spacial score (nSPS) is 12.0. The van der Waals surface area contributed by atoms with Crippen molar-refractivity contribution in [1.29, 1.82) is 0 Å². The number of aliphatic hydroxyl groups excluding tert-OH is 1. The van der Waals surface area contributed by atoms with Crippen LogP contribution in [0.1, 0.15) is 34.6 Å². The third-order valence-corrected chi connectivity index (χ3v) is 1.60. The lowest BCUT2D eigenvalue weighted by Crippen LogP contribution is -2.49. The van der Waals surface area contributed by atoms with Crippen molar-refractivity contribution in [3.8, 4) is 0 Å². The van der Waals surface area contributed by atoms with Gasteiger partial charge in [-0.15, -0.1) is 0 Å². The van der Waals surface area contributed by atoms with Gasteiger partial charge in [-0.2, -0.15) is 0 Å². The lowest BCUT2D eigenvalue weighted by atomic mass is 10.2. The van der Waals surface area contributed by atoms with Crippen LogP contribution in [-0.4, -0.2) is 41.0 Å². The monoisotopic (exact) mass is 218 g/mol. The number of nitrogens with zero attached hydrogens (tertiary/aromatic N) is 1. The van der Waals surface area contributed by atoms with E-state index < -0.39 is 11.7 Å². The van der Waals surface area contributed by atoms with Crippen LogP contribution in [0.5, 0.6) is 0 Å². The van der Waals surface area contributed by atoms with Gasteiger partial charge in [-0.25, -0.2) is 9.80 Å². The molecule has 0 saturated carbocycles. The molecule has 0 aliphatic heterocycles. The molecule has 0 saturated heterocycles. The van der Waals surface area contributed by atoms with E-state index in [1.54, 1.807) is 25.8 Å². The maximum Gasteiger partial charge on any atom is 0.422 e. The molecular weight excluding hydrogens is 196 g/mol. The van der Waals surface area contributed by atoms with Gasteiger partial charge in [0.1, 0.15) is 5.60 Å². The van der Waals surface area contributed by atoms with Crippen molar-refractivity contribution in [1.82, 2.24) is 10.4 Å². The summed E-state index contributed by atoms with van der Waals surface area (Å²) in [5.41, 5.74) is 2.08. The Morgan fingerprint density at radius 2 is 2.00 bits per heavy atom. The minimum absolute atomic E-state index is 0.00597. The van der Waals surface area contributed by atoms with E-state index in [2.05, 4.69) is 5.43 Å². The van der Waals surface area contributed by atoms with Gasteiger partial charge in [0.25, 0.3) is 0 Å². The van der Waals surface area contributed by atoms with Gasteiger partial charge in [0.05, 0.1) is 6.61 Å². The number of aliphatic hydroxyl groups is 1. The summed E-state index contributed by atoms with van der Waals surface area (Å²) in [6, 6.07) is 0.115. The van der Waals surface area contributed by atoms with Gasteiger partial charge < -0.3 is 9.84 Å². The Morgan fingerprint density at radius 3 is 2.33 bits per heavy atom. The van der Waals surface area contributed by atoms with Crippen molar-refractivity contribution in [3.05, 3.63) is 0 Å². The second-order valence-electron chi connectivity index (χ2n) is 4.62. The van der Waals surface area contributed by atoms with Gasteiger partial charge >= 0.3 is 6.09 Å². The zero-order valence-electron chi connectivity index (χ0n) is 10.2. The number of hydrazine groups is 1. The Balaban J connectivity index is 4.11. The molecule has 15 heavy (non-hydrogen) atoms. The van der Waals surface area contributed by atoms with Gasteiger partial charge in [0, 0.05) is 12.6 Å². The first-order chi connectivity index (χ1) is 6.76. The lowest BCUT2D eigenvalue weighted by Gasteiger charge is -2.28. The maximum atomic E-state index is 11.4. The zero-order valence-corrected chi connectivity index (χ0v) is 10.2. The largest absolute Gasteiger partial charge is 0.443 e. The molecule has 0 aromatic carbocycles. The quantitative estimate of drug-likeness (QED) is 0.694. The summed E-state index contributed by atoms with van der Waals surface area (Å²) in [4.78, 5) is 11.4. The minimum atomic E-state index is -0.508. The van der Waals surface area contributed by atoms with E-state index in [4.69, 9.17) is 9.84 Å². The molecular formula is C10H22N2O3. The van der Waals surface area contributed by atoms with Crippen molar-refractivity contribution in [3.63, 3.8) is 0 Å². The second-order valence-corrected chi connectivity index (χ2v) is 4.62. The minimum Gasteiger partial charge on any atom is -0.443 e. The zero-order chi connectivity index (χ0) is 12.1. The van der Waals surface area contributed by atoms with E-state index in [1.165, 1.54) is 0 Å². The van der Waals surface area contributed by atoms with E-state index in [9.17, 15) is 4.79 Å². The smallest absolute Gasteiger partial charge is 0.422 e. The number of hydrogen-bond acceptors (Lipinski definition) is 4. The number of hydrogen-bond donors (Lipinski definition) is 2. The van der Waals surface area contributed by atoms with Gasteiger partial charge in [0.15, 0.2) is 0 Å². The fraction of sp³-hybridized carbons (Fsp3) is 0.900. The molecule has 0 atom stereocenters. The molecule has 2 N–H and O–H groups in total. The van der Waals surface area contributed by atoms with Crippen molar-refractivity contribution >= 4 is 6.09 Å².